The van der Waals surface area contributed by atoms with Crippen LogP contribution in [0.3, 0.4) is 0 Å². The third kappa shape index (κ3) is 6.99. The summed E-state index contributed by atoms with van der Waals surface area (Å²) in [5.74, 6) is 1.31. The Bertz CT molecular complexity index is 79.9. The van der Waals surface area contributed by atoms with Crippen molar-refractivity contribution in [1.29, 1.82) is 0 Å². The quantitative estimate of drug-likeness (QED) is 0.589. The first-order valence-corrected chi connectivity index (χ1v) is 6.46. The topological polar surface area (TPSA) is 12.0 Å². The first-order valence-electron chi connectivity index (χ1n) is 5.07. The molecule has 0 spiro atoms. The second-order valence-corrected chi connectivity index (χ2v) is 4.16. The zero-order valence-electron chi connectivity index (χ0n) is 8.73. The molecule has 0 saturated carbocycles. The minimum absolute atomic E-state index is 0.771. The fraction of sp³-hybridized carbons (Fsp3) is 1.00. The smallest absolute Gasteiger partial charge is 0.00671 e. The molecule has 0 amide bonds. The minimum atomic E-state index is 0.771. The molecule has 1 nitrogen and oxygen atoms in total. The van der Waals surface area contributed by atoms with Gasteiger partial charge in [-0.3, -0.25) is 0 Å². The Hall–Kier alpha value is 0.310. The van der Waals surface area contributed by atoms with E-state index in [1.54, 1.807) is 0 Å². The lowest BCUT2D eigenvalue weighted by molar-refractivity contribution is 0.456. The van der Waals surface area contributed by atoms with Gasteiger partial charge in [-0.1, -0.05) is 20.3 Å². The Morgan fingerprint density at radius 1 is 1.25 bits per heavy atom. The lowest BCUT2D eigenvalue weighted by Gasteiger charge is -2.16. The Morgan fingerprint density at radius 2 is 2.00 bits per heavy atom. The van der Waals surface area contributed by atoms with Crippen molar-refractivity contribution in [3.05, 3.63) is 0 Å². The molecule has 0 aliphatic carbocycles. The van der Waals surface area contributed by atoms with E-state index in [2.05, 4.69) is 25.4 Å². The van der Waals surface area contributed by atoms with Crippen molar-refractivity contribution in [1.82, 2.24) is 5.32 Å². The van der Waals surface area contributed by atoms with Gasteiger partial charge in [0.05, 0.1) is 0 Å². The van der Waals surface area contributed by atoms with Crippen LogP contribution in [0.2, 0.25) is 0 Å². The van der Waals surface area contributed by atoms with Gasteiger partial charge in [0.15, 0.2) is 0 Å². The standard InChI is InChI=1S/C10H23NS/c1-4-7-10(11-5-2)8-6-9-12-3/h10-11H,4-9H2,1-3H3. The number of hydrogen-bond acceptors (Lipinski definition) is 2. The van der Waals surface area contributed by atoms with Gasteiger partial charge in [-0.05, 0) is 37.8 Å². The summed E-state index contributed by atoms with van der Waals surface area (Å²) in [4.78, 5) is 0. The number of rotatable bonds is 8. The van der Waals surface area contributed by atoms with Gasteiger partial charge in [0, 0.05) is 6.04 Å². The van der Waals surface area contributed by atoms with Gasteiger partial charge in [-0.2, -0.15) is 11.8 Å². The summed E-state index contributed by atoms with van der Waals surface area (Å²) >= 11 is 1.95. The van der Waals surface area contributed by atoms with Crippen LogP contribution in [-0.4, -0.2) is 24.6 Å². The van der Waals surface area contributed by atoms with Gasteiger partial charge in [0.2, 0.25) is 0 Å². The molecule has 74 valence electrons. The summed E-state index contributed by atoms with van der Waals surface area (Å²) in [7, 11) is 0. The predicted molar refractivity (Wildman–Crippen MR) is 60.0 cm³/mol. The maximum atomic E-state index is 3.53. The highest BCUT2D eigenvalue weighted by atomic mass is 32.2. The largest absolute Gasteiger partial charge is 0.314 e. The van der Waals surface area contributed by atoms with E-state index in [0.717, 1.165) is 12.6 Å². The molecule has 1 unspecified atom stereocenters. The molecule has 0 heterocycles. The molecular weight excluding hydrogens is 166 g/mol. The maximum absolute atomic E-state index is 3.53. The van der Waals surface area contributed by atoms with Gasteiger partial charge in [-0.15, -0.1) is 0 Å². The van der Waals surface area contributed by atoms with Crippen molar-refractivity contribution in [2.45, 2.75) is 45.6 Å². The third-order valence-electron chi connectivity index (χ3n) is 2.03. The molecule has 1 N–H and O–H groups in total. The average molecular weight is 189 g/mol. The van der Waals surface area contributed by atoms with E-state index in [4.69, 9.17) is 0 Å². The van der Waals surface area contributed by atoms with Crippen LogP contribution in [0.5, 0.6) is 0 Å². The van der Waals surface area contributed by atoms with Crippen LogP contribution in [0.4, 0.5) is 0 Å². The summed E-state index contributed by atoms with van der Waals surface area (Å²) in [6, 6.07) is 0.771. The lowest BCUT2D eigenvalue weighted by atomic mass is 10.1. The van der Waals surface area contributed by atoms with Gasteiger partial charge in [-0.25, -0.2) is 0 Å². The monoisotopic (exact) mass is 189 g/mol. The highest BCUT2D eigenvalue weighted by Gasteiger charge is 2.04. The van der Waals surface area contributed by atoms with Gasteiger partial charge < -0.3 is 5.32 Å². The van der Waals surface area contributed by atoms with Crippen molar-refractivity contribution in [2.24, 2.45) is 0 Å². The van der Waals surface area contributed by atoms with Crippen LogP contribution < -0.4 is 5.32 Å². The summed E-state index contributed by atoms with van der Waals surface area (Å²) in [5.41, 5.74) is 0. The molecule has 0 saturated heterocycles. The SMILES string of the molecule is CCCC(CCCSC)NCC. The second kappa shape index (κ2) is 9.40. The van der Waals surface area contributed by atoms with E-state index in [0.29, 0.717) is 0 Å². The molecule has 0 aromatic carbocycles. The van der Waals surface area contributed by atoms with E-state index in [1.807, 2.05) is 11.8 Å². The Morgan fingerprint density at radius 3 is 2.50 bits per heavy atom. The van der Waals surface area contributed by atoms with Crippen LogP contribution in [0, 0.1) is 0 Å². The zero-order valence-corrected chi connectivity index (χ0v) is 9.54. The molecule has 0 rings (SSSR count). The van der Waals surface area contributed by atoms with E-state index in [-0.39, 0.29) is 0 Å². The van der Waals surface area contributed by atoms with Crippen LogP contribution >= 0.6 is 11.8 Å². The maximum Gasteiger partial charge on any atom is 0.00671 e. The van der Waals surface area contributed by atoms with Crippen LogP contribution in [0.1, 0.15) is 39.5 Å². The number of hydrogen-bond donors (Lipinski definition) is 1. The molecule has 0 radical (unpaired) electrons. The Balaban J connectivity index is 3.34. The summed E-state index contributed by atoms with van der Waals surface area (Å²) in [6.45, 7) is 5.57. The number of nitrogens with one attached hydrogen (secondary N) is 1. The average Bonchev–Trinajstić information content (AvgIpc) is 2.06. The van der Waals surface area contributed by atoms with E-state index >= 15 is 0 Å². The molecule has 0 aliphatic rings. The normalized spacial score (nSPS) is 13.2. The van der Waals surface area contributed by atoms with Gasteiger partial charge >= 0.3 is 0 Å². The first-order chi connectivity index (χ1) is 5.85. The molecule has 0 fully saturated rings. The van der Waals surface area contributed by atoms with Crippen molar-refractivity contribution in [3.8, 4) is 0 Å². The minimum Gasteiger partial charge on any atom is -0.314 e. The molecular formula is C10H23NS. The molecule has 12 heavy (non-hydrogen) atoms. The summed E-state index contributed by atoms with van der Waals surface area (Å²) < 4.78 is 0. The van der Waals surface area contributed by atoms with Crippen LogP contribution in [-0.2, 0) is 0 Å². The van der Waals surface area contributed by atoms with Crippen LogP contribution in [0.15, 0.2) is 0 Å². The van der Waals surface area contributed by atoms with Gasteiger partial charge in [0.1, 0.15) is 0 Å². The van der Waals surface area contributed by atoms with Crippen molar-refractivity contribution in [3.63, 3.8) is 0 Å². The predicted octanol–water partition coefficient (Wildman–Crippen LogP) is 2.91. The molecule has 0 bridgehead atoms. The molecule has 0 aliphatic heterocycles. The van der Waals surface area contributed by atoms with Crippen molar-refractivity contribution in [2.75, 3.05) is 18.6 Å². The van der Waals surface area contributed by atoms with E-state index in [9.17, 15) is 0 Å². The number of thioether (sulfide) groups is 1. The highest BCUT2D eigenvalue weighted by Crippen LogP contribution is 2.07. The zero-order chi connectivity index (χ0) is 9.23. The Kier molecular flexibility index (Phi) is 9.64. The molecule has 2 heteroatoms. The molecule has 0 aromatic rings. The van der Waals surface area contributed by atoms with Gasteiger partial charge in [0.25, 0.3) is 0 Å². The second-order valence-electron chi connectivity index (χ2n) is 3.18. The fourth-order valence-corrected chi connectivity index (χ4v) is 1.92. The molecule has 1 atom stereocenters. The lowest BCUT2D eigenvalue weighted by Crippen LogP contribution is -2.28. The highest BCUT2D eigenvalue weighted by molar-refractivity contribution is 7.98. The summed E-state index contributed by atoms with van der Waals surface area (Å²) in [5, 5.41) is 3.53. The van der Waals surface area contributed by atoms with E-state index in [1.165, 1.54) is 31.4 Å². The van der Waals surface area contributed by atoms with Crippen molar-refractivity contribution < 1.29 is 0 Å². The van der Waals surface area contributed by atoms with Crippen molar-refractivity contribution >= 4 is 11.8 Å². The van der Waals surface area contributed by atoms with Crippen LogP contribution in [0.25, 0.3) is 0 Å². The molecule has 0 aromatic heterocycles. The summed E-state index contributed by atoms with van der Waals surface area (Å²) in [6.07, 6.45) is 7.53. The third-order valence-corrected chi connectivity index (χ3v) is 2.73. The first kappa shape index (κ1) is 12.3. The fourth-order valence-electron chi connectivity index (χ4n) is 1.46. The Labute approximate surface area is 81.7 Å². The van der Waals surface area contributed by atoms with E-state index < -0.39 is 0 Å².